The zero-order valence-corrected chi connectivity index (χ0v) is 7.73. The van der Waals surface area contributed by atoms with Crippen molar-refractivity contribution in [2.24, 2.45) is 0 Å². The molecular formula is C6H14NO3P. The first-order valence-corrected chi connectivity index (χ1v) is 5.60. The highest BCUT2D eigenvalue weighted by Crippen LogP contribution is 2.35. The molecule has 4 nitrogen and oxygen atoms in total. The summed E-state index contributed by atoms with van der Waals surface area (Å²) in [6.07, 6.45) is 3.09. The van der Waals surface area contributed by atoms with E-state index in [4.69, 9.17) is 15.1 Å². The number of carbonyl (C=O) groups excluding carboxylic acids is 1. The van der Waals surface area contributed by atoms with Crippen molar-refractivity contribution in [1.29, 1.82) is 5.41 Å². The fourth-order valence-corrected chi connectivity index (χ4v) is 1.35. The lowest BCUT2D eigenvalue weighted by Gasteiger charge is -2.00. The van der Waals surface area contributed by atoms with E-state index >= 15 is 0 Å². The summed E-state index contributed by atoms with van der Waals surface area (Å²) >= 11 is 0. The number of rotatable bonds is 3. The summed E-state index contributed by atoms with van der Waals surface area (Å²) in [5.41, 5.74) is 0. The summed E-state index contributed by atoms with van der Waals surface area (Å²) in [5.74, 6) is 0. The van der Waals surface area contributed by atoms with E-state index in [1.165, 1.54) is 6.66 Å². The quantitative estimate of drug-likeness (QED) is 0.392. The summed E-state index contributed by atoms with van der Waals surface area (Å²) in [6, 6.07) is 0. The summed E-state index contributed by atoms with van der Waals surface area (Å²) < 4.78 is 10.5. The normalized spacial score (nSPS) is 13.7. The Morgan fingerprint density at radius 3 is 2.09 bits per heavy atom. The second-order valence-corrected chi connectivity index (χ2v) is 4.78. The molecule has 0 aliphatic rings. The third-order valence-corrected chi connectivity index (χ3v) is 2.07. The fraction of sp³-hybridized carbons (Fsp3) is 0.833. The zero-order valence-electron chi connectivity index (χ0n) is 6.83. The molecule has 0 bridgehead atoms. The third-order valence-electron chi connectivity index (χ3n) is 0.927. The first kappa shape index (κ1) is 13.2. The molecule has 66 valence electrons. The van der Waals surface area contributed by atoms with Gasteiger partial charge >= 0.3 is 0 Å². The maximum atomic E-state index is 10.5. The van der Waals surface area contributed by atoms with E-state index in [1.807, 2.05) is 6.92 Å². The Balaban J connectivity index is 0. The molecule has 2 N–H and O–H groups in total. The van der Waals surface area contributed by atoms with Crippen molar-refractivity contribution in [1.82, 2.24) is 0 Å². The lowest BCUT2D eigenvalue weighted by atomic mass is 10.4. The summed E-state index contributed by atoms with van der Waals surface area (Å²) in [7, 11) is -2.68. The van der Waals surface area contributed by atoms with Crippen LogP contribution < -0.4 is 0 Å². The monoisotopic (exact) mass is 179 g/mol. The van der Waals surface area contributed by atoms with Gasteiger partial charge in [0.1, 0.15) is 0 Å². The van der Waals surface area contributed by atoms with Gasteiger partial charge in [-0.3, -0.25) is 4.57 Å². The van der Waals surface area contributed by atoms with Crippen LogP contribution in [0.3, 0.4) is 0 Å². The van der Waals surface area contributed by atoms with Gasteiger partial charge < -0.3 is 4.89 Å². The molecule has 11 heavy (non-hydrogen) atoms. The van der Waals surface area contributed by atoms with Crippen LogP contribution in [0.4, 0.5) is 0 Å². The van der Waals surface area contributed by atoms with Gasteiger partial charge in [0.2, 0.25) is 6.08 Å². The van der Waals surface area contributed by atoms with Gasteiger partial charge in [0.05, 0.1) is 0 Å². The van der Waals surface area contributed by atoms with Crippen LogP contribution in [0.25, 0.3) is 0 Å². The van der Waals surface area contributed by atoms with E-state index in [0.29, 0.717) is 6.16 Å². The molecule has 0 aromatic carbocycles. The van der Waals surface area contributed by atoms with E-state index in [-0.39, 0.29) is 0 Å². The predicted octanol–water partition coefficient (Wildman–Crippen LogP) is 1.59. The van der Waals surface area contributed by atoms with Gasteiger partial charge in [-0.05, 0) is 6.42 Å². The Bertz CT molecular complexity index is 157. The highest BCUT2D eigenvalue weighted by molar-refractivity contribution is 7.57. The van der Waals surface area contributed by atoms with Crippen molar-refractivity contribution < 1.29 is 14.3 Å². The van der Waals surface area contributed by atoms with Crippen molar-refractivity contribution in [3.05, 3.63) is 0 Å². The van der Waals surface area contributed by atoms with Crippen LogP contribution in [0.5, 0.6) is 0 Å². The van der Waals surface area contributed by atoms with Crippen LogP contribution in [0.2, 0.25) is 0 Å². The van der Waals surface area contributed by atoms with Gasteiger partial charge in [0, 0.05) is 12.8 Å². The molecule has 0 rings (SSSR count). The zero-order chi connectivity index (χ0) is 9.33. The van der Waals surface area contributed by atoms with Crippen LogP contribution in [-0.2, 0) is 9.36 Å². The smallest absolute Gasteiger partial charge is 0.231 e. The Labute approximate surface area is 66.6 Å². The first-order valence-electron chi connectivity index (χ1n) is 3.31. The number of hydrogen-bond donors (Lipinski definition) is 2. The second kappa shape index (κ2) is 7.67. The minimum atomic E-state index is -2.68. The minimum absolute atomic E-state index is 0.476. The average Bonchev–Trinajstić information content (AvgIpc) is 1.84. The van der Waals surface area contributed by atoms with Crippen molar-refractivity contribution >= 4 is 13.4 Å². The molecule has 0 fully saturated rings. The van der Waals surface area contributed by atoms with Crippen LogP contribution in [0.15, 0.2) is 0 Å². The van der Waals surface area contributed by atoms with Gasteiger partial charge in [-0.2, -0.15) is 0 Å². The number of hydrogen-bond acceptors (Lipinski definition) is 3. The van der Waals surface area contributed by atoms with Crippen LogP contribution in [0, 0.1) is 5.41 Å². The molecule has 0 aliphatic carbocycles. The number of nitrogens with one attached hydrogen (secondary N) is 1. The molecule has 0 aromatic heterocycles. The number of isocyanates is 1. The van der Waals surface area contributed by atoms with E-state index in [9.17, 15) is 4.57 Å². The molecular weight excluding hydrogens is 165 g/mol. The molecule has 1 unspecified atom stereocenters. The third kappa shape index (κ3) is 26.3. The largest absolute Gasteiger partial charge is 0.344 e. The maximum Gasteiger partial charge on any atom is 0.231 e. The van der Waals surface area contributed by atoms with E-state index in [0.717, 1.165) is 18.9 Å². The minimum Gasteiger partial charge on any atom is -0.344 e. The first-order chi connectivity index (χ1) is 4.97. The van der Waals surface area contributed by atoms with Crippen molar-refractivity contribution in [3.63, 3.8) is 0 Å². The Hall–Kier alpha value is -0.430. The summed E-state index contributed by atoms with van der Waals surface area (Å²) in [5, 5.41) is 5.40. The molecule has 0 radical (unpaired) electrons. The molecule has 1 atom stereocenters. The molecule has 0 aromatic rings. The highest BCUT2D eigenvalue weighted by atomic mass is 31.2. The lowest BCUT2D eigenvalue weighted by Crippen LogP contribution is -1.84. The maximum absolute atomic E-state index is 10.5. The Morgan fingerprint density at radius 2 is 2.00 bits per heavy atom. The lowest BCUT2D eigenvalue weighted by molar-refractivity contribution is 0.482. The van der Waals surface area contributed by atoms with Crippen LogP contribution in [-0.4, -0.2) is 23.8 Å². The molecule has 0 saturated heterocycles. The van der Waals surface area contributed by atoms with Gasteiger partial charge in [-0.1, -0.05) is 13.3 Å². The molecule has 0 saturated carbocycles. The average molecular weight is 179 g/mol. The van der Waals surface area contributed by atoms with Gasteiger partial charge in [-0.15, -0.1) is 0 Å². The molecule has 0 amide bonds. The molecule has 0 spiro atoms. The predicted molar refractivity (Wildman–Crippen MR) is 43.9 cm³/mol. The van der Waals surface area contributed by atoms with Gasteiger partial charge in [0.15, 0.2) is 7.37 Å². The highest BCUT2D eigenvalue weighted by Gasteiger charge is 2.06. The van der Waals surface area contributed by atoms with E-state index in [1.54, 1.807) is 0 Å². The van der Waals surface area contributed by atoms with Crippen molar-refractivity contribution in [2.45, 2.75) is 19.8 Å². The second-order valence-electron chi connectivity index (χ2n) is 2.23. The topological polar surface area (TPSA) is 78.2 Å². The summed E-state index contributed by atoms with van der Waals surface area (Å²) in [6.45, 7) is 3.42. The molecule has 5 heteroatoms. The van der Waals surface area contributed by atoms with Gasteiger partial charge in [0.25, 0.3) is 0 Å². The summed E-state index contributed by atoms with van der Waals surface area (Å²) in [4.78, 5) is 17.1. The van der Waals surface area contributed by atoms with Gasteiger partial charge in [-0.25, -0.2) is 10.2 Å². The standard InChI is InChI=1S/C5H13O2P.CHNO/c1-3-4-5-8(2,6)7;2-1-3/h3-5H2,1-2H3,(H,6,7);2H. The number of unbranched alkanes of at least 4 members (excludes halogenated alkanes) is 1. The Kier molecular flexibility index (Phi) is 9.20. The Morgan fingerprint density at radius 1 is 1.64 bits per heavy atom. The molecule has 0 heterocycles. The van der Waals surface area contributed by atoms with Crippen LogP contribution in [0.1, 0.15) is 19.8 Å². The van der Waals surface area contributed by atoms with E-state index in [2.05, 4.69) is 0 Å². The SMILES string of the molecule is CCCCP(C)(=O)O.N=C=O. The van der Waals surface area contributed by atoms with Crippen molar-refractivity contribution in [2.75, 3.05) is 12.8 Å². The van der Waals surface area contributed by atoms with Crippen LogP contribution >= 0.6 is 7.37 Å². The molecule has 0 aliphatic heterocycles. The van der Waals surface area contributed by atoms with Crippen molar-refractivity contribution in [3.8, 4) is 0 Å². The van der Waals surface area contributed by atoms with E-state index < -0.39 is 7.37 Å². The fourth-order valence-electron chi connectivity index (χ4n) is 0.451.